The van der Waals surface area contributed by atoms with E-state index in [-0.39, 0.29) is 11.4 Å². The zero-order chi connectivity index (χ0) is 15.3. The van der Waals surface area contributed by atoms with E-state index in [2.05, 4.69) is 0 Å². The first-order valence-electron chi connectivity index (χ1n) is 6.80. The molecule has 0 aliphatic carbocycles. The zero-order valence-corrected chi connectivity index (χ0v) is 12.6. The van der Waals surface area contributed by atoms with Crippen LogP contribution in [0.2, 0.25) is 0 Å². The number of anilines is 1. The number of rotatable bonds is 2. The van der Waals surface area contributed by atoms with Crippen molar-refractivity contribution in [1.29, 1.82) is 0 Å². The highest BCUT2D eigenvalue weighted by molar-refractivity contribution is 7.89. The van der Waals surface area contributed by atoms with Gasteiger partial charge < -0.3 is 10.8 Å². The van der Waals surface area contributed by atoms with Crippen LogP contribution in [0.25, 0.3) is 10.8 Å². The van der Waals surface area contributed by atoms with E-state index in [1.54, 1.807) is 37.3 Å². The molecule has 1 aliphatic heterocycles. The summed E-state index contributed by atoms with van der Waals surface area (Å²) < 4.78 is 27.0. The molecule has 1 aliphatic rings. The molecular weight excluding hydrogens is 288 g/mol. The van der Waals surface area contributed by atoms with Gasteiger partial charge in [0.25, 0.3) is 0 Å². The lowest BCUT2D eigenvalue weighted by Gasteiger charge is -2.20. The second-order valence-electron chi connectivity index (χ2n) is 5.82. The van der Waals surface area contributed by atoms with E-state index in [0.717, 1.165) is 5.39 Å². The zero-order valence-electron chi connectivity index (χ0n) is 11.8. The van der Waals surface area contributed by atoms with Gasteiger partial charge in [0.05, 0.1) is 10.5 Å². The van der Waals surface area contributed by atoms with Gasteiger partial charge in [-0.25, -0.2) is 8.42 Å². The molecule has 1 saturated heterocycles. The Morgan fingerprint density at radius 3 is 2.71 bits per heavy atom. The number of fused-ring (bicyclic) bond motifs is 1. The Labute approximate surface area is 124 Å². The van der Waals surface area contributed by atoms with Crippen LogP contribution in [0.4, 0.5) is 5.69 Å². The molecule has 0 spiro atoms. The average molecular weight is 306 g/mol. The summed E-state index contributed by atoms with van der Waals surface area (Å²) in [6, 6.07) is 10.3. The van der Waals surface area contributed by atoms with Crippen LogP contribution in [0, 0.1) is 0 Å². The molecule has 1 fully saturated rings. The second-order valence-corrected chi connectivity index (χ2v) is 7.73. The van der Waals surface area contributed by atoms with E-state index in [4.69, 9.17) is 5.73 Å². The fourth-order valence-electron chi connectivity index (χ4n) is 2.75. The van der Waals surface area contributed by atoms with E-state index in [9.17, 15) is 13.5 Å². The Morgan fingerprint density at radius 1 is 1.29 bits per heavy atom. The van der Waals surface area contributed by atoms with Gasteiger partial charge in [0.2, 0.25) is 10.0 Å². The van der Waals surface area contributed by atoms with Gasteiger partial charge in [-0.05, 0) is 36.9 Å². The fraction of sp³-hybridized carbons (Fsp3) is 0.333. The maximum absolute atomic E-state index is 12.8. The number of benzene rings is 2. The summed E-state index contributed by atoms with van der Waals surface area (Å²) in [6.45, 7) is 2.12. The fourth-order valence-corrected chi connectivity index (χ4v) is 4.52. The van der Waals surface area contributed by atoms with Gasteiger partial charge in [-0.1, -0.05) is 18.2 Å². The molecular formula is C15H18N2O3S. The minimum absolute atomic E-state index is 0.126. The number of nitrogens with two attached hydrogens (primary N) is 1. The highest BCUT2D eigenvalue weighted by atomic mass is 32.2. The molecule has 0 radical (unpaired) electrons. The van der Waals surface area contributed by atoms with E-state index in [1.165, 1.54) is 4.31 Å². The Morgan fingerprint density at radius 2 is 2.05 bits per heavy atom. The van der Waals surface area contributed by atoms with Crippen LogP contribution in [-0.2, 0) is 10.0 Å². The molecule has 1 atom stereocenters. The third kappa shape index (κ3) is 2.50. The SMILES string of the molecule is CC1(O)CCN(S(=O)(=O)c2cccc3cc(N)ccc23)C1. The second kappa shape index (κ2) is 4.69. The number of sulfonamides is 1. The highest BCUT2D eigenvalue weighted by Gasteiger charge is 2.38. The number of hydrogen-bond acceptors (Lipinski definition) is 4. The molecule has 0 aromatic heterocycles. The third-order valence-electron chi connectivity index (χ3n) is 3.90. The molecule has 0 bridgehead atoms. The molecule has 1 unspecified atom stereocenters. The van der Waals surface area contributed by atoms with Gasteiger partial charge in [-0.15, -0.1) is 0 Å². The molecule has 1 heterocycles. The normalized spacial score (nSPS) is 23.7. The van der Waals surface area contributed by atoms with Crippen LogP contribution in [0.3, 0.4) is 0 Å². The molecule has 0 saturated carbocycles. The number of β-amino-alcohol motifs (C(OH)–C–C–N with tert-alkyl or cyclic N) is 1. The lowest BCUT2D eigenvalue weighted by molar-refractivity contribution is 0.0762. The Balaban J connectivity index is 2.12. The number of nitrogen functional groups attached to an aromatic ring is 1. The Hall–Kier alpha value is -1.63. The van der Waals surface area contributed by atoms with Gasteiger partial charge in [0.15, 0.2) is 0 Å². The van der Waals surface area contributed by atoms with Crippen LogP contribution in [0.1, 0.15) is 13.3 Å². The summed E-state index contributed by atoms with van der Waals surface area (Å²) in [7, 11) is -3.62. The molecule has 0 amide bonds. The van der Waals surface area contributed by atoms with Crippen molar-refractivity contribution in [1.82, 2.24) is 4.31 Å². The standard InChI is InChI=1S/C15H18N2O3S/c1-15(18)7-8-17(10-15)21(19,20)14-4-2-3-11-9-12(16)5-6-13(11)14/h2-6,9,18H,7-8,10,16H2,1H3. The summed E-state index contributed by atoms with van der Waals surface area (Å²) in [4.78, 5) is 0.262. The number of hydrogen-bond donors (Lipinski definition) is 2. The summed E-state index contributed by atoms with van der Waals surface area (Å²) in [5.74, 6) is 0. The van der Waals surface area contributed by atoms with Gasteiger partial charge >= 0.3 is 0 Å². The summed E-state index contributed by atoms with van der Waals surface area (Å²) in [5, 5.41) is 11.4. The summed E-state index contributed by atoms with van der Waals surface area (Å²) in [5.41, 5.74) is 5.39. The Bertz CT molecular complexity index is 800. The number of nitrogens with zero attached hydrogens (tertiary/aromatic N) is 1. The van der Waals surface area contributed by atoms with Crippen molar-refractivity contribution < 1.29 is 13.5 Å². The van der Waals surface area contributed by atoms with Crippen LogP contribution in [-0.4, -0.2) is 36.5 Å². The first kappa shape index (κ1) is 14.3. The minimum atomic E-state index is -3.62. The van der Waals surface area contributed by atoms with Crippen molar-refractivity contribution in [3.8, 4) is 0 Å². The van der Waals surface area contributed by atoms with Crippen molar-refractivity contribution in [2.45, 2.75) is 23.8 Å². The lowest BCUT2D eigenvalue weighted by Crippen LogP contribution is -2.34. The number of aliphatic hydroxyl groups is 1. The molecule has 112 valence electrons. The molecule has 3 N–H and O–H groups in total. The van der Waals surface area contributed by atoms with Crippen molar-refractivity contribution in [2.75, 3.05) is 18.8 Å². The molecule has 21 heavy (non-hydrogen) atoms. The molecule has 2 aromatic carbocycles. The maximum Gasteiger partial charge on any atom is 0.243 e. The molecule has 6 heteroatoms. The quantitative estimate of drug-likeness (QED) is 0.825. The topological polar surface area (TPSA) is 83.6 Å². The van der Waals surface area contributed by atoms with Crippen LogP contribution in [0.15, 0.2) is 41.3 Å². The van der Waals surface area contributed by atoms with Gasteiger partial charge in [0, 0.05) is 24.2 Å². The van der Waals surface area contributed by atoms with Crippen molar-refractivity contribution in [2.24, 2.45) is 0 Å². The molecule has 3 rings (SSSR count). The van der Waals surface area contributed by atoms with Crippen molar-refractivity contribution in [3.63, 3.8) is 0 Å². The van der Waals surface area contributed by atoms with Crippen LogP contribution in [0.5, 0.6) is 0 Å². The van der Waals surface area contributed by atoms with Gasteiger partial charge in [0.1, 0.15) is 0 Å². The highest BCUT2D eigenvalue weighted by Crippen LogP contribution is 2.31. The minimum Gasteiger partial charge on any atom is -0.399 e. The predicted molar refractivity (Wildman–Crippen MR) is 82.4 cm³/mol. The average Bonchev–Trinajstić information content (AvgIpc) is 2.78. The maximum atomic E-state index is 12.8. The predicted octanol–water partition coefficient (Wildman–Crippen LogP) is 1.57. The lowest BCUT2D eigenvalue weighted by atomic mass is 10.1. The van der Waals surface area contributed by atoms with E-state index in [1.807, 2.05) is 6.07 Å². The Kier molecular flexibility index (Phi) is 3.20. The monoisotopic (exact) mass is 306 g/mol. The van der Waals surface area contributed by atoms with Gasteiger partial charge in [-0.2, -0.15) is 4.31 Å². The largest absolute Gasteiger partial charge is 0.399 e. The van der Waals surface area contributed by atoms with Crippen molar-refractivity contribution in [3.05, 3.63) is 36.4 Å². The summed E-state index contributed by atoms with van der Waals surface area (Å²) in [6.07, 6.45) is 0.448. The van der Waals surface area contributed by atoms with Crippen molar-refractivity contribution >= 4 is 26.5 Å². The van der Waals surface area contributed by atoms with Crippen LogP contribution >= 0.6 is 0 Å². The summed E-state index contributed by atoms with van der Waals surface area (Å²) >= 11 is 0. The van der Waals surface area contributed by atoms with E-state index in [0.29, 0.717) is 24.0 Å². The third-order valence-corrected chi connectivity index (χ3v) is 5.80. The molecule has 5 nitrogen and oxygen atoms in total. The first-order valence-corrected chi connectivity index (χ1v) is 8.24. The molecule has 2 aromatic rings. The van der Waals surface area contributed by atoms with E-state index < -0.39 is 15.6 Å². The smallest absolute Gasteiger partial charge is 0.243 e. The van der Waals surface area contributed by atoms with Crippen LogP contribution < -0.4 is 5.73 Å². The van der Waals surface area contributed by atoms with E-state index >= 15 is 0 Å². The first-order chi connectivity index (χ1) is 9.79. The van der Waals surface area contributed by atoms with Gasteiger partial charge in [-0.3, -0.25) is 0 Å².